The Bertz CT molecular complexity index is 288. The summed E-state index contributed by atoms with van der Waals surface area (Å²) in [6, 6.07) is 0.0346. The van der Waals surface area contributed by atoms with Gasteiger partial charge in [0.25, 0.3) is 0 Å². The third-order valence-corrected chi connectivity index (χ3v) is 2.96. The molecular weight excluding hydrogens is 218 g/mol. The molecule has 1 aliphatic rings. The van der Waals surface area contributed by atoms with Crippen LogP contribution in [0.4, 0.5) is 4.79 Å². The zero-order valence-electron chi connectivity index (χ0n) is 11.8. The number of hydrogen-bond donors (Lipinski definition) is 1. The minimum atomic E-state index is -0.714. The van der Waals surface area contributed by atoms with Crippen LogP contribution in [0.3, 0.4) is 0 Å². The summed E-state index contributed by atoms with van der Waals surface area (Å²) in [6.45, 7) is 11.7. The molecule has 100 valence electrons. The van der Waals surface area contributed by atoms with Gasteiger partial charge in [-0.05, 0) is 39.0 Å². The number of carbonyl (C=O) groups is 1. The first-order chi connectivity index (χ1) is 7.52. The van der Waals surface area contributed by atoms with Crippen LogP contribution < -0.4 is 0 Å². The lowest BCUT2D eigenvalue weighted by molar-refractivity contribution is -0.0377. The molecule has 0 saturated carbocycles. The second-order valence-corrected chi connectivity index (χ2v) is 6.83. The van der Waals surface area contributed by atoms with Gasteiger partial charge in [0.1, 0.15) is 11.8 Å². The SMILES string of the molecule is CC(C)(C)OC(=O)N1C(O)CC[C@@H]1C(C)(C)C. The predicted octanol–water partition coefficient (Wildman–Crippen LogP) is 2.75. The van der Waals surface area contributed by atoms with E-state index in [4.69, 9.17) is 4.74 Å². The first-order valence-corrected chi connectivity index (χ1v) is 6.22. The van der Waals surface area contributed by atoms with Crippen LogP contribution in [0.25, 0.3) is 0 Å². The fraction of sp³-hybridized carbons (Fsp3) is 0.923. The Morgan fingerprint density at radius 2 is 1.71 bits per heavy atom. The van der Waals surface area contributed by atoms with E-state index in [-0.39, 0.29) is 11.5 Å². The second-order valence-electron chi connectivity index (χ2n) is 6.83. The average Bonchev–Trinajstić information content (AvgIpc) is 2.42. The maximum atomic E-state index is 12.1. The van der Waals surface area contributed by atoms with E-state index in [1.807, 2.05) is 20.8 Å². The van der Waals surface area contributed by atoms with Crippen LogP contribution in [0.2, 0.25) is 0 Å². The number of aliphatic hydroxyl groups excluding tert-OH is 1. The fourth-order valence-electron chi connectivity index (χ4n) is 2.21. The highest BCUT2D eigenvalue weighted by Crippen LogP contribution is 2.36. The van der Waals surface area contributed by atoms with Crippen molar-refractivity contribution in [3.05, 3.63) is 0 Å². The molecular formula is C13H25NO3. The molecule has 1 saturated heterocycles. The van der Waals surface area contributed by atoms with Crippen molar-refractivity contribution in [1.29, 1.82) is 0 Å². The number of hydrogen-bond acceptors (Lipinski definition) is 3. The molecule has 1 heterocycles. The third kappa shape index (κ3) is 3.60. The molecule has 1 unspecified atom stereocenters. The highest BCUT2D eigenvalue weighted by Gasteiger charge is 2.43. The Labute approximate surface area is 104 Å². The van der Waals surface area contributed by atoms with Gasteiger partial charge in [-0.3, -0.25) is 4.90 Å². The van der Waals surface area contributed by atoms with Crippen molar-refractivity contribution < 1.29 is 14.6 Å². The summed E-state index contributed by atoms with van der Waals surface area (Å²) in [4.78, 5) is 13.6. The van der Waals surface area contributed by atoms with E-state index in [1.54, 1.807) is 0 Å². The highest BCUT2D eigenvalue weighted by atomic mass is 16.6. The number of rotatable bonds is 0. The van der Waals surface area contributed by atoms with Crippen molar-refractivity contribution in [2.45, 2.75) is 72.3 Å². The van der Waals surface area contributed by atoms with E-state index in [9.17, 15) is 9.90 Å². The number of amides is 1. The first kappa shape index (κ1) is 14.3. The summed E-state index contributed by atoms with van der Waals surface area (Å²) < 4.78 is 5.34. The lowest BCUT2D eigenvalue weighted by atomic mass is 9.85. The first-order valence-electron chi connectivity index (χ1n) is 6.22. The lowest BCUT2D eigenvalue weighted by Gasteiger charge is -2.37. The van der Waals surface area contributed by atoms with E-state index in [0.29, 0.717) is 6.42 Å². The smallest absolute Gasteiger partial charge is 0.412 e. The number of likely N-dealkylation sites (tertiary alicyclic amines) is 1. The van der Waals surface area contributed by atoms with E-state index in [1.165, 1.54) is 4.90 Å². The maximum absolute atomic E-state index is 12.1. The van der Waals surface area contributed by atoms with Gasteiger partial charge >= 0.3 is 6.09 Å². The molecule has 0 radical (unpaired) electrons. The van der Waals surface area contributed by atoms with Gasteiger partial charge in [-0.2, -0.15) is 0 Å². The van der Waals surface area contributed by atoms with Gasteiger partial charge < -0.3 is 9.84 Å². The van der Waals surface area contributed by atoms with Crippen LogP contribution in [0, 0.1) is 5.41 Å². The second kappa shape index (κ2) is 4.48. The summed E-state index contributed by atoms with van der Waals surface area (Å²) in [5, 5.41) is 9.92. The molecule has 0 aliphatic carbocycles. The van der Waals surface area contributed by atoms with Gasteiger partial charge in [-0.15, -0.1) is 0 Å². The van der Waals surface area contributed by atoms with Crippen LogP contribution in [-0.2, 0) is 4.74 Å². The van der Waals surface area contributed by atoms with Crippen LogP contribution in [-0.4, -0.2) is 34.0 Å². The average molecular weight is 243 g/mol. The molecule has 0 aromatic carbocycles. The Balaban J connectivity index is 2.82. The predicted molar refractivity (Wildman–Crippen MR) is 66.6 cm³/mol. The minimum Gasteiger partial charge on any atom is -0.444 e. The van der Waals surface area contributed by atoms with Gasteiger partial charge in [0.2, 0.25) is 0 Å². The molecule has 4 nitrogen and oxygen atoms in total. The number of nitrogens with zero attached hydrogens (tertiary/aromatic N) is 1. The van der Waals surface area contributed by atoms with E-state index in [0.717, 1.165) is 6.42 Å². The Hall–Kier alpha value is -0.770. The standard InChI is InChI=1S/C13H25NO3/c1-12(2,3)9-7-8-10(15)14(9)11(16)17-13(4,5)6/h9-10,15H,7-8H2,1-6H3/t9-,10?/m1/s1. The number of aliphatic hydroxyl groups is 1. The minimum absolute atomic E-state index is 0.0346. The monoisotopic (exact) mass is 243 g/mol. The number of carbonyl (C=O) groups excluding carboxylic acids is 1. The summed E-state index contributed by atoms with van der Waals surface area (Å²) in [5.41, 5.74) is -0.573. The summed E-state index contributed by atoms with van der Waals surface area (Å²) in [5.74, 6) is 0. The van der Waals surface area contributed by atoms with Crippen LogP contribution in [0.5, 0.6) is 0 Å². The molecule has 1 aliphatic heterocycles. The molecule has 2 atom stereocenters. The molecule has 4 heteroatoms. The van der Waals surface area contributed by atoms with Gasteiger partial charge in [-0.1, -0.05) is 20.8 Å². The van der Waals surface area contributed by atoms with E-state index in [2.05, 4.69) is 20.8 Å². The maximum Gasteiger partial charge on any atom is 0.412 e. The Morgan fingerprint density at radius 3 is 2.12 bits per heavy atom. The third-order valence-electron chi connectivity index (χ3n) is 2.96. The van der Waals surface area contributed by atoms with Crippen molar-refractivity contribution in [3.63, 3.8) is 0 Å². The molecule has 0 spiro atoms. The molecule has 0 bridgehead atoms. The Kier molecular flexibility index (Phi) is 3.77. The van der Waals surface area contributed by atoms with Gasteiger partial charge in [0, 0.05) is 6.04 Å². The van der Waals surface area contributed by atoms with Crippen molar-refractivity contribution in [2.24, 2.45) is 5.41 Å². The van der Waals surface area contributed by atoms with Crippen molar-refractivity contribution >= 4 is 6.09 Å². The number of ether oxygens (including phenoxy) is 1. The van der Waals surface area contributed by atoms with E-state index < -0.39 is 17.9 Å². The molecule has 0 aromatic rings. The molecule has 1 rings (SSSR count). The Morgan fingerprint density at radius 1 is 1.18 bits per heavy atom. The van der Waals surface area contributed by atoms with Crippen molar-refractivity contribution in [3.8, 4) is 0 Å². The molecule has 1 amide bonds. The quantitative estimate of drug-likeness (QED) is 0.711. The van der Waals surface area contributed by atoms with Crippen LogP contribution in [0.1, 0.15) is 54.4 Å². The van der Waals surface area contributed by atoms with E-state index >= 15 is 0 Å². The molecule has 17 heavy (non-hydrogen) atoms. The molecule has 1 fully saturated rings. The molecule has 1 N–H and O–H groups in total. The van der Waals surface area contributed by atoms with Crippen LogP contribution >= 0.6 is 0 Å². The summed E-state index contributed by atoms with van der Waals surface area (Å²) in [6.07, 6.45) is 0.321. The topological polar surface area (TPSA) is 49.8 Å². The zero-order chi connectivity index (χ0) is 13.4. The summed E-state index contributed by atoms with van der Waals surface area (Å²) >= 11 is 0. The largest absolute Gasteiger partial charge is 0.444 e. The van der Waals surface area contributed by atoms with Crippen LogP contribution in [0.15, 0.2) is 0 Å². The molecule has 0 aromatic heterocycles. The zero-order valence-corrected chi connectivity index (χ0v) is 11.8. The summed E-state index contributed by atoms with van der Waals surface area (Å²) in [7, 11) is 0. The lowest BCUT2D eigenvalue weighted by Crippen LogP contribution is -2.48. The fourth-order valence-corrected chi connectivity index (χ4v) is 2.21. The van der Waals surface area contributed by atoms with Crippen molar-refractivity contribution in [2.75, 3.05) is 0 Å². The van der Waals surface area contributed by atoms with Gasteiger partial charge in [0.15, 0.2) is 0 Å². The van der Waals surface area contributed by atoms with Crippen molar-refractivity contribution in [1.82, 2.24) is 4.90 Å². The van der Waals surface area contributed by atoms with Gasteiger partial charge in [0.05, 0.1) is 0 Å². The van der Waals surface area contributed by atoms with Gasteiger partial charge in [-0.25, -0.2) is 4.79 Å². The normalized spacial score (nSPS) is 26.2. The highest BCUT2D eigenvalue weighted by molar-refractivity contribution is 5.69.